The third kappa shape index (κ3) is 3.94. The van der Waals surface area contributed by atoms with Crippen LogP contribution in [0.15, 0.2) is 97.7 Å². The first-order chi connectivity index (χ1) is 16.7. The summed E-state index contributed by atoms with van der Waals surface area (Å²) in [7, 11) is 1.65. The summed E-state index contributed by atoms with van der Waals surface area (Å²) >= 11 is 0. The molecule has 0 bridgehead atoms. The number of fused-ring (bicyclic) bond motifs is 1. The van der Waals surface area contributed by atoms with Crippen molar-refractivity contribution in [2.24, 2.45) is 0 Å². The third-order valence-corrected chi connectivity index (χ3v) is 5.98. The van der Waals surface area contributed by atoms with E-state index < -0.39 is 6.17 Å². The normalized spacial score (nSPS) is 14.9. The van der Waals surface area contributed by atoms with Crippen LogP contribution in [0.4, 0.5) is 5.69 Å². The summed E-state index contributed by atoms with van der Waals surface area (Å²) in [6.45, 7) is 4.90. The Morgan fingerprint density at radius 1 is 1.00 bits per heavy atom. The molecular weight excluding hydrogens is 424 g/mol. The Kier molecular flexibility index (Phi) is 5.87. The number of carbonyl (C=O) groups is 1. The van der Waals surface area contributed by atoms with Crippen LogP contribution in [0.2, 0.25) is 0 Å². The van der Waals surface area contributed by atoms with E-state index in [-0.39, 0.29) is 5.91 Å². The summed E-state index contributed by atoms with van der Waals surface area (Å²) in [5.74, 6) is 0.688. The van der Waals surface area contributed by atoms with Crippen LogP contribution >= 0.6 is 0 Å². The Bertz CT molecular complexity index is 1330. The van der Waals surface area contributed by atoms with Gasteiger partial charge in [0.25, 0.3) is 5.91 Å². The average molecular weight is 451 g/mol. The van der Waals surface area contributed by atoms with Crippen molar-refractivity contribution in [2.75, 3.05) is 19.0 Å². The van der Waals surface area contributed by atoms with Gasteiger partial charge in [-0.25, -0.2) is 0 Å². The molecule has 6 heteroatoms. The molecule has 1 aliphatic heterocycles. The van der Waals surface area contributed by atoms with Crippen molar-refractivity contribution in [1.82, 2.24) is 14.7 Å². The van der Waals surface area contributed by atoms with Gasteiger partial charge in [-0.1, -0.05) is 60.7 Å². The molecule has 0 saturated carbocycles. The van der Waals surface area contributed by atoms with E-state index >= 15 is 0 Å². The summed E-state index contributed by atoms with van der Waals surface area (Å²) in [6.07, 6.45) is 3.35. The van der Waals surface area contributed by atoms with Crippen molar-refractivity contribution in [3.05, 3.63) is 114 Å². The Morgan fingerprint density at radius 3 is 2.47 bits per heavy atom. The number of aromatic nitrogens is 2. The zero-order valence-corrected chi connectivity index (χ0v) is 19.0. The molecule has 170 valence electrons. The van der Waals surface area contributed by atoms with Crippen LogP contribution in [0, 0.1) is 0 Å². The van der Waals surface area contributed by atoms with Crippen molar-refractivity contribution in [3.63, 3.8) is 0 Å². The van der Waals surface area contributed by atoms with Gasteiger partial charge in [-0.2, -0.15) is 5.10 Å². The molecule has 34 heavy (non-hydrogen) atoms. The fourth-order valence-electron chi connectivity index (χ4n) is 4.40. The van der Waals surface area contributed by atoms with Crippen LogP contribution in [0.5, 0.6) is 5.75 Å². The maximum absolute atomic E-state index is 13.4. The van der Waals surface area contributed by atoms with Crippen molar-refractivity contribution >= 4 is 11.6 Å². The third-order valence-electron chi connectivity index (χ3n) is 5.98. The fourth-order valence-corrected chi connectivity index (χ4v) is 4.40. The molecule has 3 aromatic carbocycles. The summed E-state index contributed by atoms with van der Waals surface area (Å²) in [5.41, 5.74) is 5.13. The number of hydrogen-bond donors (Lipinski definition) is 1. The van der Waals surface area contributed by atoms with E-state index in [0.29, 0.717) is 18.7 Å². The number of nitrogens with zero attached hydrogens (tertiary/aromatic N) is 3. The highest BCUT2D eigenvalue weighted by Crippen LogP contribution is 2.39. The van der Waals surface area contributed by atoms with Gasteiger partial charge < -0.3 is 15.0 Å². The number of rotatable bonds is 7. The molecule has 1 amide bonds. The van der Waals surface area contributed by atoms with Crippen LogP contribution < -0.4 is 10.1 Å². The van der Waals surface area contributed by atoms with Gasteiger partial charge in [0.2, 0.25) is 0 Å². The summed E-state index contributed by atoms with van der Waals surface area (Å²) in [6, 6.07) is 25.6. The minimum Gasteiger partial charge on any atom is -0.496 e. The van der Waals surface area contributed by atoms with Crippen molar-refractivity contribution in [2.45, 2.75) is 12.7 Å². The quantitative estimate of drug-likeness (QED) is 0.385. The monoisotopic (exact) mass is 450 g/mol. The van der Waals surface area contributed by atoms with Gasteiger partial charge in [-0.15, -0.1) is 6.58 Å². The van der Waals surface area contributed by atoms with Crippen LogP contribution in [-0.4, -0.2) is 34.2 Å². The Balaban J connectivity index is 1.65. The zero-order chi connectivity index (χ0) is 23.5. The maximum Gasteiger partial charge on any atom is 0.258 e. The standard InChI is InChI=1S/C28H26N4O2/c1-3-17-32-27(29-24-15-9-7-13-21(24)28(32)33)23-19-31(18-20-11-5-4-6-12-20)30-26(23)22-14-8-10-16-25(22)34-2/h3-16,19,27,29H,1,17-18H2,2H3. The smallest absolute Gasteiger partial charge is 0.258 e. The molecule has 1 N–H and O–H groups in total. The maximum atomic E-state index is 13.4. The Labute approximate surface area is 199 Å². The van der Waals surface area contributed by atoms with E-state index in [4.69, 9.17) is 9.84 Å². The Hall–Kier alpha value is -4.32. The van der Waals surface area contributed by atoms with E-state index in [0.717, 1.165) is 33.8 Å². The molecule has 1 aromatic heterocycles. The highest BCUT2D eigenvalue weighted by atomic mass is 16.5. The van der Waals surface area contributed by atoms with E-state index in [1.165, 1.54) is 0 Å². The average Bonchev–Trinajstić information content (AvgIpc) is 3.29. The van der Waals surface area contributed by atoms with Crippen LogP contribution in [0.1, 0.15) is 27.7 Å². The number of benzene rings is 3. The Morgan fingerprint density at radius 2 is 1.71 bits per heavy atom. The molecule has 4 aromatic rings. The van der Waals surface area contributed by atoms with Crippen molar-refractivity contribution < 1.29 is 9.53 Å². The molecule has 0 spiro atoms. The van der Waals surface area contributed by atoms with E-state index in [1.807, 2.05) is 77.6 Å². The molecule has 0 radical (unpaired) electrons. The van der Waals surface area contributed by atoms with Gasteiger partial charge in [0.1, 0.15) is 17.6 Å². The van der Waals surface area contributed by atoms with Crippen molar-refractivity contribution in [3.8, 4) is 17.0 Å². The van der Waals surface area contributed by atoms with Gasteiger partial charge in [0.15, 0.2) is 0 Å². The van der Waals surface area contributed by atoms with Gasteiger partial charge >= 0.3 is 0 Å². The van der Waals surface area contributed by atoms with Gasteiger partial charge in [-0.3, -0.25) is 9.48 Å². The number of carbonyl (C=O) groups excluding carboxylic acids is 1. The molecule has 0 saturated heterocycles. The topological polar surface area (TPSA) is 59.4 Å². The lowest BCUT2D eigenvalue weighted by atomic mass is 10.0. The molecule has 0 aliphatic carbocycles. The van der Waals surface area contributed by atoms with Gasteiger partial charge in [0.05, 0.1) is 19.2 Å². The largest absolute Gasteiger partial charge is 0.496 e. The van der Waals surface area contributed by atoms with E-state index in [1.54, 1.807) is 18.1 Å². The first kappa shape index (κ1) is 21.5. The second-order valence-corrected chi connectivity index (χ2v) is 8.16. The number of nitrogens with one attached hydrogen (secondary N) is 1. The molecular formula is C28H26N4O2. The second-order valence-electron chi connectivity index (χ2n) is 8.16. The highest BCUT2D eigenvalue weighted by molar-refractivity contribution is 6.02. The zero-order valence-electron chi connectivity index (χ0n) is 19.0. The van der Waals surface area contributed by atoms with E-state index in [9.17, 15) is 4.79 Å². The first-order valence-electron chi connectivity index (χ1n) is 11.2. The van der Waals surface area contributed by atoms with Crippen LogP contribution in [0.3, 0.4) is 0 Å². The SMILES string of the molecule is C=CCN1C(=O)c2ccccc2NC1c1cn(Cc2ccccc2)nc1-c1ccccc1OC. The number of methoxy groups -OCH3 is 1. The lowest BCUT2D eigenvalue weighted by molar-refractivity contribution is 0.0708. The number of hydrogen-bond acceptors (Lipinski definition) is 4. The van der Waals surface area contributed by atoms with Crippen LogP contribution in [-0.2, 0) is 6.54 Å². The summed E-state index contributed by atoms with van der Waals surface area (Å²) in [4.78, 5) is 15.2. The summed E-state index contributed by atoms with van der Waals surface area (Å²) < 4.78 is 7.58. The summed E-state index contributed by atoms with van der Waals surface area (Å²) in [5, 5.41) is 8.53. The number of ether oxygens (including phenoxy) is 1. The fraction of sp³-hybridized carbons (Fsp3) is 0.143. The van der Waals surface area contributed by atoms with Gasteiger partial charge in [-0.05, 0) is 29.8 Å². The lowest BCUT2D eigenvalue weighted by Gasteiger charge is -2.37. The predicted molar refractivity (Wildman–Crippen MR) is 134 cm³/mol. The molecule has 1 atom stereocenters. The molecule has 6 nitrogen and oxygen atoms in total. The van der Waals surface area contributed by atoms with Crippen LogP contribution in [0.25, 0.3) is 11.3 Å². The second kappa shape index (κ2) is 9.27. The highest BCUT2D eigenvalue weighted by Gasteiger charge is 2.35. The molecule has 1 aliphatic rings. The lowest BCUT2D eigenvalue weighted by Crippen LogP contribution is -2.43. The molecule has 2 heterocycles. The van der Waals surface area contributed by atoms with E-state index in [2.05, 4.69) is 24.0 Å². The number of amides is 1. The number of anilines is 1. The minimum atomic E-state index is -0.412. The predicted octanol–water partition coefficient (Wildman–Crippen LogP) is 5.36. The number of para-hydroxylation sites is 2. The molecule has 5 rings (SSSR count). The van der Waals surface area contributed by atoms with Gasteiger partial charge in [0, 0.05) is 29.6 Å². The van der Waals surface area contributed by atoms with Crippen molar-refractivity contribution in [1.29, 1.82) is 0 Å². The molecule has 1 unspecified atom stereocenters. The first-order valence-corrected chi connectivity index (χ1v) is 11.2. The molecule has 0 fully saturated rings. The minimum absolute atomic E-state index is 0.0407.